The van der Waals surface area contributed by atoms with Crippen molar-refractivity contribution in [3.8, 4) is 0 Å². The molecule has 1 aliphatic rings. The molecule has 0 bridgehead atoms. The number of nitrogens with one attached hydrogen (secondary N) is 2. The minimum absolute atomic E-state index is 0.211. The minimum Gasteiger partial charge on any atom is -0.481 e. The summed E-state index contributed by atoms with van der Waals surface area (Å²) >= 11 is 0. The summed E-state index contributed by atoms with van der Waals surface area (Å²) in [5.74, 6) is 1.13. The first kappa shape index (κ1) is 14.5. The Kier molecular flexibility index (Phi) is 4.95. The number of aliphatic carboxylic acids is 1. The van der Waals surface area contributed by atoms with Crippen molar-refractivity contribution in [1.29, 1.82) is 0 Å². The number of carboxylic acid groups (broad SMARTS) is 1. The fourth-order valence-electron chi connectivity index (χ4n) is 2.60. The summed E-state index contributed by atoms with van der Waals surface area (Å²) in [5, 5.41) is 15.6. The largest absolute Gasteiger partial charge is 0.481 e. The molecule has 0 aliphatic carbocycles. The monoisotopic (exact) mass is 242 g/mol. The van der Waals surface area contributed by atoms with Gasteiger partial charge < -0.3 is 15.7 Å². The molecule has 0 radical (unpaired) electrons. The Morgan fingerprint density at radius 1 is 1.29 bits per heavy atom. The summed E-state index contributed by atoms with van der Waals surface area (Å²) < 4.78 is 0. The van der Waals surface area contributed by atoms with Gasteiger partial charge in [0.05, 0.1) is 12.0 Å². The summed E-state index contributed by atoms with van der Waals surface area (Å²) in [5.41, 5.74) is -0.214. The Bertz CT molecular complexity index is 252. The first-order valence-corrected chi connectivity index (χ1v) is 6.54. The molecular weight excluding hydrogens is 216 g/mol. The summed E-state index contributed by atoms with van der Waals surface area (Å²) in [6, 6.07) is 0. The first-order chi connectivity index (χ1) is 7.86. The molecule has 3 N–H and O–H groups in total. The molecule has 0 atom stereocenters. The van der Waals surface area contributed by atoms with E-state index in [2.05, 4.69) is 38.3 Å². The van der Waals surface area contributed by atoms with Gasteiger partial charge in [-0.05, 0) is 24.3 Å². The Morgan fingerprint density at radius 2 is 1.82 bits per heavy atom. The Hall–Kier alpha value is -0.610. The molecule has 1 fully saturated rings. The van der Waals surface area contributed by atoms with Gasteiger partial charge in [0.2, 0.25) is 0 Å². The predicted molar refractivity (Wildman–Crippen MR) is 69.0 cm³/mol. The fourth-order valence-corrected chi connectivity index (χ4v) is 2.60. The van der Waals surface area contributed by atoms with E-state index in [-0.39, 0.29) is 12.0 Å². The molecule has 100 valence electrons. The Balaban J connectivity index is 2.49. The quantitative estimate of drug-likeness (QED) is 0.630. The number of hydrogen-bond donors (Lipinski definition) is 3. The molecule has 0 amide bonds. The Labute approximate surface area is 104 Å². The zero-order chi connectivity index (χ0) is 13.1. The molecule has 17 heavy (non-hydrogen) atoms. The van der Waals surface area contributed by atoms with Gasteiger partial charge in [0.15, 0.2) is 0 Å². The van der Waals surface area contributed by atoms with Gasteiger partial charge in [-0.25, -0.2) is 0 Å². The molecule has 4 heteroatoms. The lowest BCUT2D eigenvalue weighted by Gasteiger charge is -2.44. The van der Waals surface area contributed by atoms with Crippen molar-refractivity contribution in [3.63, 3.8) is 0 Å². The van der Waals surface area contributed by atoms with Gasteiger partial charge in [-0.2, -0.15) is 0 Å². The number of rotatable bonds is 7. The van der Waals surface area contributed by atoms with Gasteiger partial charge in [-0.1, -0.05) is 27.7 Å². The molecule has 1 saturated heterocycles. The molecule has 0 saturated carbocycles. The van der Waals surface area contributed by atoms with Crippen LogP contribution in [0.5, 0.6) is 0 Å². The van der Waals surface area contributed by atoms with Crippen LogP contribution in [0.3, 0.4) is 0 Å². The molecule has 4 nitrogen and oxygen atoms in total. The third-order valence-corrected chi connectivity index (χ3v) is 3.84. The van der Waals surface area contributed by atoms with Crippen molar-refractivity contribution < 1.29 is 9.90 Å². The summed E-state index contributed by atoms with van der Waals surface area (Å²) in [6.45, 7) is 11.4. The second kappa shape index (κ2) is 5.83. The average Bonchev–Trinajstić information content (AvgIpc) is 2.11. The van der Waals surface area contributed by atoms with E-state index in [4.69, 9.17) is 5.11 Å². The highest BCUT2D eigenvalue weighted by Crippen LogP contribution is 2.22. The molecule has 0 spiro atoms. The standard InChI is InChI=1S/C13H26N2O2/c1-9(2)11(10(3)4)6-15-13(5-12(16)17)7-14-8-13/h9-11,14-15H,5-8H2,1-4H3,(H,16,17). The Morgan fingerprint density at radius 3 is 2.12 bits per heavy atom. The lowest BCUT2D eigenvalue weighted by molar-refractivity contribution is -0.139. The van der Waals surface area contributed by atoms with Gasteiger partial charge >= 0.3 is 5.97 Å². The van der Waals surface area contributed by atoms with E-state index in [0.29, 0.717) is 17.8 Å². The van der Waals surface area contributed by atoms with Crippen LogP contribution in [-0.4, -0.2) is 36.2 Å². The third kappa shape index (κ3) is 3.96. The summed E-state index contributed by atoms with van der Waals surface area (Å²) in [4.78, 5) is 10.9. The molecule has 0 aromatic carbocycles. The number of hydrogen-bond acceptors (Lipinski definition) is 3. The van der Waals surface area contributed by atoms with Crippen LogP contribution >= 0.6 is 0 Å². The van der Waals surface area contributed by atoms with Gasteiger partial charge in [-0.15, -0.1) is 0 Å². The third-order valence-electron chi connectivity index (χ3n) is 3.84. The average molecular weight is 242 g/mol. The van der Waals surface area contributed by atoms with E-state index in [1.807, 2.05) is 0 Å². The van der Waals surface area contributed by atoms with Crippen LogP contribution in [0.15, 0.2) is 0 Å². The maximum Gasteiger partial charge on any atom is 0.305 e. The van der Waals surface area contributed by atoms with Crippen molar-refractivity contribution in [2.24, 2.45) is 17.8 Å². The highest BCUT2D eigenvalue weighted by molar-refractivity contribution is 5.68. The summed E-state index contributed by atoms with van der Waals surface area (Å²) in [7, 11) is 0. The van der Waals surface area contributed by atoms with Crippen LogP contribution < -0.4 is 10.6 Å². The van der Waals surface area contributed by atoms with Gasteiger partial charge in [0, 0.05) is 13.1 Å². The molecule has 0 unspecified atom stereocenters. The van der Waals surface area contributed by atoms with Crippen molar-refractivity contribution in [2.45, 2.75) is 39.7 Å². The normalized spacial score (nSPS) is 18.8. The van der Waals surface area contributed by atoms with E-state index < -0.39 is 5.97 Å². The second-order valence-corrected chi connectivity index (χ2v) is 5.99. The number of carbonyl (C=O) groups is 1. The molecule has 0 aromatic rings. The minimum atomic E-state index is -0.718. The van der Waals surface area contributed by atoms with E-state index in [1.54, 1.807) is 0 Å². The van der Waals surface area contributed by atoms with Crippen molar-refractivity contribution in [3.05, 3.63) is 0 Å². The lowest BCUT2D eigenvalue weighted by atomic mass is 9.83. The van der Waals surface area contributed by atoms with Crippen LogP contribution in [0.25, 0.3) is 0 Å². The topological polar surface area (TPSA) is 61.4 Å². The van der Waals surface area contributed by atoms with Crippen molar-refractivity contribution >= 4 is 5.97 Å². The SMILES string of the molecule is CC(C)C(CNC1(CC(=O)O)CNC1)C(C)C. The zero-order valence-corrected chi connectivity index (χ0v) is 11.4. The van der Waals surface area contributed by atoms with Gasteiger partial charge in [0.1, 0.15) is 0 Å². The van der Waals surface area contributed by atoms with E-state index in [0.717, 1.165) is 19.6 Å². The smallest absolute Gasteiger partial charge is 0.305 e. The van der Waals surface area contributed by atoms with Crippen molar-refractivity contribution in [2.75, 3.05) is 19.6 Å². The fraction of sp³-hybridized carbons (Fsp3) is 0.923. The van der Waals surface area contributed by atoms with E-state index in [1.165, 1.54) is 0 Å². The van der Waals surface area contributed by atoms with Crippen molar-refractivity contribution in [1.82, 2.24) is 10.6 Å². The van der Waals surface area contributed by atoms with Gasteiger partial charge in [-0.3, -0.25) is 4.79 Å². The molecule has 1 heterocycles. The molecular formula is C13H26N2O2. The second-order valence-electron chi connectivity index (χ2n) is 5.99. The van der Waals surface area contributed by atoms with Gasteiger partial charge in [0.25, 0.3) is 0 Å². The van der Waals surface area contributed by atoms with E-state index in [9.17, 15) is 4.79 Å². The first-order valence-electron chi connectivity index (χ1n) is 6.54. The zero-order valence-electron chi connectivity index (χ0n) is 11.4. The highest BCUT2D eigenvalue weighted by Gasteiger charge is 2.39. The maximum atomic E-state index is 10.9. The lowest BCUT2D eigenvalue weighted by Crippen LogP contribution is -2.69. The maximum absolute atomic E-state index is 10.9. The van der Waals surface area contributed by atoms with Crippen LogP contribution in [-0.2, 0) is 4.79 Å². The summed E-state index contributed by atoms with van der Waals surface area (Å²) in [6.07, 6.45) is 0.211. The van der Waals surface area contributed by atoms with Crippen LogP contribution in [0, 0.1) is 17.8 Å². The van der Waals surface area contributed by atoms with Crippen LogP contribution in [0.1, 0.15) is 34.1 Å². The van der Waals surface area contributed by atoms with Crippen LogP contribution in [0.2, 0.25) is 0 Å². The predicted octanol–water partition coefficient (Wildman–Crippen LogP) is 1.32. The molecule has 1 rings (SSSR count). The van der Waals surface area contributed by atoms with E-state index >= 15 is 0 Å². The molecule has 0 aromatic heterocycles. The molecule has 1 aliphatic heterocycles. The highest BCUT2D eigenvalue weighted by atomic mass is 16.4. The van der Waals surface area contributed by atoms with Crippen LogP contribution in [0.4, 0.5) is 0 Å². The number of carboxylic acids is 1.